The van der Waals surface area contributed by atoms with Crippen LogP contribution in [0.5, 0.6) is 0 Å². The van der Waals surface area contributed by atoms with Crippen LogP contribution in [0.15, 0.2) is 24.3 Å². The van der Waals surface area contributed by atoms with E-state index in [0.717, 1.165) is 45.2 Å². The highest BCUT2D eigenvalue weighted by Gasteiger charge is 2.61. The van der Waals surface area contributed by atoms with E-state index in [2.05, 4.69) is 13.8 Å². The van der Waals surface area contributed by atoms with E-state index in [1.54, 1.807) is 12.1 Å². The number of hydrogen-bond donors (Lipinski definition) is 0. The molecule has 0 radical (unpaired) electrons. The molecule has 0 aromatic heterocycles. The molecule has 4 saturated carbocycles. The average Bonchev–Trinajstić information content (AvgIpc) is 2.61. The number of hydrogen-bond acceptors (Lipinski definition) is 3. The number of nitro benzene ring substituents is 1. The second-order valence-corrected chi connectivity index (χ2v) is 8.80. The lowest BCUT2D eigenvalue weighted by Crippen LogP contribution is -2.59. The fraction of sp³-hybridized carbons (Fsp3) is 0.667. The van der Waals surface area contributed by atoms with Crippen LogP contribution in [0.25, 0.3) is 0 Å². The summed E-state index contributed by atoms with van der Waals surface area (Å²) in [6.45, 7) is 5.68. The van der Waals surface area contributed by atoms with Crippen molar-refractivity contribution >= 4 is 11.6 Å². The minimum atomic E-state index is -0.338. The molecule has 4 aliphatic carbocycles. The molecule has 0 spiro atoms. The van der Waals surface area contributed by atoms with Crippen LogP contribution >= 0.6 is 0 Å². The summed E-state index contributed by atoms with van der Waals surface area (Å²) >= 11 is 0. The highest BCUT2D eigenvalue weighted by Crippen LogP contribution is 2.66. The second kappa shape index (κ2) is 6.07. The summed E-state index contributed by atoms with van der Waals surface area (Å²) in [7, 11) is 0. The first-order valence-corrected chi connectivity index (χ1v) is 9.96. The Morgan fingerprint density at radius 3 is 2.19 bits per heavy atom. The summed E-state index contributed by atoms with van der Waals surface area (Å²) in [5, 5.41) is 11.0. The fourth-order valence-corrected chi connectivity index (χ4v) is 6.63. The molecule has 2 atom stereocenters. The molecule has 0 N–H and O–H groups in total. The van der Waals surface area contributed by atoms with Crippen molar-refractivity contribution < 1.29 is 9.72 Å². The number of nitro groups is 1. The van der Waals surface area contributed by atoms with Gasteiger partial charge in [-0.05, 0) is 75.2 Å². The number of rotatable bonds is 5. The zero-order valence-electron chi connectivity index (χ0n) is 15.7. The molecule has 5 rings (SSSR count). The second-order valence-electron chi connectivity index (χ2n) is 8.80. The quantitative estimate of drug-likeness (QED) is 0.583. The monoisotopic (exact) mass is 356 g/mol. The van der Waals surface area contributed by atoms with Crippen molar-refractivity contribution in [3.8, 4) is 0 Å². The van der Waals surface area contributed by atoms with Gasteiger partial charge in [-0.25, -0.2) is 0 Å². The molecule has 140 valence electrons. The van der Waals surface area contributed by atoms with Gasteiger partial charge in [-0.2, -0.15) is 0 Å². The maximum Gasteiger partial charge on any atom is 0.269 e. The molecule has 4 bridgehead atoms. The number of carbonyl (C=O) groups is 1. The van der Waals surface area contributed by atoms with Gasteiger partial charge in [-0.3, -0.25) is 14.9 Å². The van der Waals surface area contributed by atoms with Crippen molar-refractivity contribution in [2.45, 2.75) is 57.8 Å². The van der Waals surface area contributed by atoms with E-state index in [9.17, 15) is 14.9 Å². The Labute approximate surface area is 154 Å². The van der Waals surface area contributed by atoms with Crippen LogP contribution in [-0.4, -0.2) is 28.8 Å². The number of non-ortho nitro benzene ring substituents is 1. The number of nitrogens with zero attached hydrogens (tertiary/aromatic N) is 2. The largest absolute Gasteiger partial charge is 0.343 e. The van der Waals surface area contributed by atoms with E-state index in [1.165, 1.54) is 12.0 Å². The SMILES string of the molecule is CCN(CC)C(=O)C12C[C@H]3C[C@H](C1)CC(c1ccc([N+](=O)[O-])cc1)(C3)C2. The van der Waals surface area contributed by atoms with Gasteiger partial charge in [-0.1, -0.05) is 12.1 Å². The lowest BCUT2D eigenvalue weighted by molar-refractivity contribution is -0.384. The Morgan fingerprint density at radius 1 is 1.12 bits per heavy atom. The normalized spacial score (nSPS) is 34.7. The Hall–Kier alpha value is -1.91. The molecular formula is C21H28N2O3. The average molecular weight is 356 g/mol. The summed E-state index contributed by atoms with van der Waals surface area (Å²) < 4.78 is 0. The van der Waals surface area contributed by atoms with E-state index < -0.39 is 0 Å². The fourth-order valence-electron chi connectivity index (χ4n) is 6.63. The first-order valence-electron chi connectivity index (χ1n) is 9.96. The number of carbonyl (C=O) groups excluding carboxylic acids is 1. The van der Waals surface area contributed by atoms with Gasteiger partial charge in [0.1, 0.15) is 0 Å². The van der Waals surface area contributed by atoms with Crippen LogP contribution < -0.4 is 0 Å². The van der Waals surface area contributed by atoms with Crippen LogP contribution in [0.1, 0.15) is 57.9 Å². The Bertz CT molecular complexity index is 709. The number of amides is 1. The van der Waals surface area contributed by atoms with Gasteiger partial charge in [0.2, 0.25) is 5.91 Å². The van der Waals surface area contributed by atoms with E-state index in [0.29, 0.717) is 17.7 Å². The minimum Gasteiger partial charge on any atom is -0.343 e. The van der Waals surface area contributed by atoms with E-state index in [-0.39, 0.29) is 21.4 Å². The van der Waals surface area contributed by atoms with Crippen molar-refractivity contribution in [1.82, 2.24) is 4.90 Å². The van der Waals surface area contributed by atoms with Crippen LogP contribution in [0, 0.1) is 27.4 Å². The smallest absolute Gasteiger partial charge is 0.269 e. The predicted octanol–water partition coefficient (Wildman–Crippen LogP) is 4.30. The third-order valence-corrected chi connectivity index (χ3v) is 7.26. The standard InChI is InChI=1S/C21H28N2O3/c1-3-22(4-2)19(24)21-12-15-9-16(13-21)11-20(10-15,14-21)17-5-7-18(8-6-17)23(25)26/h5-8,15-16H,3-4,9-14H2,1-2H3/t15-,16-,20?,21?/m0/s1. The molecule has 5 heteroatoms. The zero-order chi connectivity index (χ0) is 18.5. The van der Waals surface area contributed by atoms with Crippen molar-refractivity contribution in [2.75, 3.05) is 13.1 Å². The summed E-state index contributed by atoms with van der Waals surface area (Å²) in [6.07, 6.45) is 6.51. The summed E-state index contributed by atoms with van der Waals surface area (Å²) in [4.78, 5) is 26.1. The van der Waals surface area contributed by atoms with Gasteiger partial charge in [0, 0.05) is 25.2 Å². The molecule has 0 heterocycles. The van der Waals surface area contributed by atoms with E-state index in [1.807, 2.05) is 17.0 Å². The molecule has 1 aromatic rings. The van der Waals surface area contributed by atoms with Gasteiger partial charge in [-0.15, -0.1) is 0 Å². The molecule has 0 saturated heterocycles. The Kier molecular flexibility index (Phi) is 4.08. The van der Waals surface area contributed by atoms with Gasteiger partial charge < -0.3 is 4.90 Å². The first-order chi connectivity index (χ1) is 12.4. The summed E-state index contributed by atoms with van der Waals surface area (Å²) in [5.41, 5.74) is 1.17. The number of benzene rings is 1. The molecule has 5 nitrogen and oxygen atoms in total. The van der Waals surface area contributed by atoms with Crippen molar-refractivity contribution in [3.05, 3.63) is 39.9 Å². The van der Waals surface area contributed by atoms with Crippen molar-refractivity contribution in [3.63, 3.8) is 0 Å². The van der Waals surface area contributed by atoms with Crippen LogP contribution in [-0.2, 0) is 10.2 Å². The Morgan fingerprint density at radius 2 is 1.69 bits per heavy atom. The topological polar surface area (TPSA) is 63.5 Å². The van der Waals surface area contributed by atoms with Gasteiger partial charge in [0.15, 0.2) is 0 Å². The molecule has 4 fully saturated rings. The third-order valence-electron chi connectivity index (χ3n) is 7.26. The van der Waals surface area contributed by atoms with E-state index >= 15 is 0 Å². The molecule has 1 aromatic carbocycles. The molecule has 4 aliphatic rings. The molecular weight excluding hydrogens is 328 g/mol. The molecule has 1 amide bonds. The lowest BCUT2D eigenvalue weighted by atomic mass is 9.42. The maximum absolute atomic E-state index is 13.4. The van der Waals surface area contributed by atoms with Crippen molar-refractivity contribution in [1.29, 1.82) is 0 Å². The zero-order valence-corrected chi connectivity index (χ0v) is 15.7. The van der Waals surface area contributed by atoms with Crippen molar-refractivity contribution in [2.24, 2.45) is 17.3 Å². The maximum atomic E-state index is 13.4. The highest BCUT2D eigenvalue weighted by molar-refractivity contribution is 5.83. The summed E-state index contributed by atoms with van der Waals surface area (Å²) in [5.74, 6) is 1.58. The summed E-state index contributed by atoms with van der Waals surface area (Å²) in [6, 6.07) is 7.15. The van der Waals surface area contributed by atoms with E-state index in [4.69, 9.17) is 0 Å². The predicted molar refractivity (Wildman–Crippen MR) is 99.8 cm³/mol. The molecule has 26 heavy (non-hydrogen) atoms. The third kappa shape index (κ3) is 2.55. The van der Waals surface area contributed by atoms with Gasteiger partial charge in [0.25, 0.3) is 5.69 Å². The van der Waals surface area contributed by atoms with Crippen LogP contribution in [0.4, 0.5) is 5.69 Å². The van der Waals surface area contributed by atoms with Gasteiger partial charge in [0.05, 0.1) is 10.3 Å². The minimum absolute atomic E-state index is 0.0298. The molecule has 0 aliphatic heterocycles. The highest BCUT2D eigenvalue weighted by atomic mass is 16.6. The first kappa shape index (κ1) is 17.5. The lowest BCUT2D eigenvalue weighted by Gasteiger charge is -2.62. The van der Waals surface area contributed by atoms with Crippen LogP contribution in [0.3, 0.4) is 0 Å². The Balaban J connectivity index is 1.70. The van der Waals surface area contributed by atoms with Gasteiger partial charge >= 0.3 is 0 Å². The molecule has 0 unspecified atom stereocenters. The van der Waals surface area contributed by atoms with Crippen LogP contribution in [0.2, 0.25) is 0 Å².